The molecule has 0 amide bonds. The summed E-state index contributed by atoms with van der Waals surface area (Å²) in [4.78, 5) is 15.7. The van der Waals surface area contributed by atoms with Gasteiger partial charge in [-0.05, 0) is 61.2 Å². The molecule has 1 heterocycles. The van der Waals surface area contributed by atoms with Crippen molar-refractivity contribution in [3.8, 4) is 11.5 Å². The number of fused-ring (bicyclic) bond motifs is 1. The van der Waals surface area contributed by atoms with Crippen molar-refractivity contribution in [2.45, 2.75) is 26.2 Å². The summed E-state index contributed by atoms with van der Waals surface area (Å²) in [5.74, 6) is 0.589. The molecule has 0 aliphatic heterocycles. The van der Waals surface area contributed by atoms with Gasteiger partial charge >= 0.3 is 5.97 Å². The van der Waals surface area contributed by atoms with Crippen LogP contribution in [0.2, 0.25) is 0 Å². The van der Waals surface area contributed by atoms with Gasteiger partial charge in [0, 0.05) is 6.42 Å². The molecular formula is C22H23NO4S. The summed E-state index contributed by atoms with van der Waals surface area (Å²) in [6.07, 6.45) is 3.39. The first-order chi connectivity index (χ1) is 13.6. The summed E-state index contributed by atoms with van der Waals surface area (Å²) in [6.45, 7) is 2.50. The highest BCUT2D eigenvalue weighted by molar-refractivity contribution is 7.19. The van der Waals surface area contributed by atoms with E-state index in [0.717, 1.165) is 26.4 Å². The lowest BCUT2D eigenvalue weighted by molar-refractivity contribution is -0.137. The molecule has 0 fully saturated rings. The Hall–Kier alpha value is -2.86. The molecule has 0 spiro atoms. The number of hydrogen-bond acceptors (Lipinski definition) is 5. The van der Waals surface area contributed by atoms with Gasteiger partial charge in [-0.3, -0.25) is 4.79 Å². The van der Waals surface area contributed by atoms with Gasteiger partial charge in [0.2, 0.25) is 0 Å². The highest BCUT2D eigenvalue weighted by Crippen LogP contribution is 2.33. The molecular weight excluding hydrogens is 374 g/mol. The number of para-hydroxylation sites is 1. The molecule has 0 aliphatic rings. The van der Waals surface area contributed by atoms with Crippen molar-refractivity contribution in [2.24, 2.45) is 0 Å². The van der Waals surface area contributed by atoms with Gasteiger partial charge in [-0.15, -0.1) is 11.3 Å². The van der Waals surface area contributed by atoms with Crippen LogP contribution in [0.3, 0.4) is 0 Å². The van der Waals surface area contributed by atoms with E-state index in [0.29, 0.717) is 30.9 Å². The summed E-state index contributed by atoms with van der Waals surface area (Å²) in [5.41, 5.74) is 2.94. The zero-order chi connectivity index (χ0) is 19.9. The molecule has 0 aliphatic carbocycles. The van der Waals surface area contributed by atoms with Crippen molar-refractivity contribution in [1.82, 2.24) is 4.98 Å². The smallest absolute Gasteiger partial charge is 0.303 e. The number of benzene rings is 2. The third-order valence-corrected chi connectivity index (χ3v) is 5.35. The maximum Gasteiger partial charge on any atom is 0.303 e. The van der Waals surface area contributed by atoms with Crippen LogP contribution in [0.15, 0.2) is 42.5 Å². The van der Waals surface area contributed by atoms with E-state index in [2.05, 4.69) is 6.08 Å². The van der Waals surface area contributed by atoms with E-state index in [1.165, 1.54) is 0 Å². The maximum atomic E-state index is 10.9. The van der Waals surface area contributed by atoms with Crippen LogP contribution in [0, 0.1) is 0 Å². The number of methoxy groups -OCH3 is 1. The van der Waals surface area contributed by atoms with Crippen molar-refractivity contribution in [1.29, 1.82) is 0 Å². The molecule has 3 rings (SSSR count). The molecule has 6 heteroatoms. The van der Waals surface area contributed by atoms with Crippen LogP contribution in [0.5, 0.6) is 11.5 Å². The van der Waals surface area contributed by atoms with Gasteiger partial charge in [0.1, 0.15) is 5.01 Å². The molecule has 0 saturated heterocycles. The second kappa shape index (κ2) is 9.37. The molecule has 3 aromatic rings. The molecule has 1 N–H and O–H groups in total. The molecule has 1 aromatic heterocycles. The number of carboxylic acid groups (broad SMARTS) is 1. The van der Waals surface area contributed by atoms with Crippen molar-refractivity contribution < 1.29 is 19.4 Å². The Labute approximate surface area is 168 Å². The minimum atomic E-state index is -0.786. The van der Waals surface area contributed by atoms with E-state index in [4.69, 9.17) is 19.6 Å². The lowest BCUT2D eigenvalue weighted by atomic mass is 10.0. The highest BCUT2D eigenvalue weighted by atomic mass is 32.1. The van der Waals surface area contributed by atoms with Crippen LogP contribution < -0.4 is 9.47 Å². The van der Waals surface area contributed by atoms with E-state index in [-0.39, 0.29) is 6.42 Å². The number of hydrogen-bond donors (Lipinski definition) is 1. The van der Waals surface area contributed by atoms with Crippen molar-refractivity contribution >= 4 is 39.2 Å². The van der Waals surface area contributed by atoms with Gasteiger partial charge in [0.05, 0.1) is 23.9 Å². The lowest BCUT2D eigenvalue weighted by Gasteiger charge is -2.10. The van der Waals surface area contributed by atoms with Gasteiger partial charge in [0.15, 0.2) is 11.5 Å². The first-order valence-electron chi connectivity index (χ1n) is 9.20. The third-order valence-electron chi connectivity index (χ3n) is 4.23. The topological polar surface area (TPSA) is 68.7 Å². The molecule has 28 heavy (non-hydrogen) atoms. The number of aromatic nitrogens is 1. The third kappa shape index (κ3) is 4.89. The normalized spacial score (nSPS) is 11.6. The second-order valence-corrected chi connectivity index (χ2v) is 7.28. The fourth-order valence-corrected chi connectivity index (χ4v) is 3.94. The maximum absolute atomic E-state index is 10.9. The SMILES string of the molecule is CCOc1ccc(/C=C(\CCCC(=O)O)c2nc3ccccc3s2)cc1OC. The number of aliphatic carboxylic acids is 1. The van der Waals surface area contributed by atoms with Gasteiger partial charge in [0.25, 0.3) is 0 Å². The fraction of sp³-hybridized carbons (Fsp3) is 0.273. The summed E-state index contributed by atoms with van der Waals surface area (Å²) < 4.78 is 12.1. The quantitative estimate of drug-likeness (QED) is 0.516. The van der Waals surface area contributed by atoms with Crippen LogP contribution in [0.1, 0.15) is 36.8 Å². The van der Waals surface area contributed by atoms with Crippen molar-refractivity contribution in [3.63, 3.8) is 0 Å². The van der Waals surface area contributed by atoms with Crippen LogP contribution in [0.4, 0.5) is 0 Å². The summed E-state index contributed by atoms with van der Waals surface area (Å²) in [6, 6.07) is 13.8. The Bertz CT molecular complexity index is 960. The number of carbonyl (C=O) groups is 1. The van der Waals surface area contributed by atoms with Gasteiger partial charge < -0.3 is 14.6 Å². The number of ether oxygens (including phenoxy) is 2. The zero-order valence-electron chi connectivity index (χ0n) is 16.0. The number of nitrogens with zero attached hydrogens (tertiary/aromatic N) is 1. The average Bonchev–Trinajstić information content (AvgIpc) is 3.12. The first-order valence-corrected chi connectivity index (χ1v) is 10.0. The fourth-order valence-electron chi connectivity index (χ4n) is 2.93. The van der Waals surface area contributed by atoms with E-state index in [1.807, 2.05) is 49.4 Å². The summed E-state index contributed by atoms with van der Waals surface area (Å²) in [5, 5.41) is 9.90. The van der Waals surface area contributed by atoms with E-state index in [1.54, 1.807) is 18.4 Å². The lowest BCUT2D eigenvalue weighted by Crippen LogP contribution is -1.96. The van der Waals surface area contributed by atoms with Crippen LogP contribution in [-0.2, 0) is 4.79 Å². The standard InChI is InChI=1S/C22H23NO4S/c1-3-27-18-12-11-15(14-19(18)26-2)13-16(7-6-10-21(24)25)22-23-17-8-4-5-9-20(17)28-22/h4-5,8-9,11-14H,3,6-7,10H2,1-2H3,(H,24,25)/b16-13+. The van der Waals surface area contributed by atoms with Gasteiger partial charge in [-0.25, -0.2) is 4.98 Å². The minimum absolute atomic E-state index is 0.134. The number of rotatable bonds is 9. The molecule has 0 atom stereocenters. The summed E-state index contributed by atoms with van der Waals surface area (Å²) in [7, 11) is 1.62. The predicted octanol–water partition coefficient (Wildman–Crippen LogP) is 5.50. The molecule has 0 unspecified atom stereocenters. The molecule has 0 bridgehead atoms. The Morgan fingerprint density at radius 3 is 2.71 bits per heavy atom. The van der Waals surface area contributed by atoms with E-state index < -0.39 is 5.97 Å². The Kier molecular flexibility index (Phi) is 6.66. The largest absolute Gasteiger partial charge is 0.493 e. The van der Waals surface area contributed by atoms with E-state index in [9.17, 15) is 4.79 Å². The van der Waals surface area contributed by atoms with E-state index >= 15 is 0 Å². The van der Waals surface area contributed by atoms with Crippen LogP contribution >= 0.6 is 11.3 Å². The first kappa shape index (κ1) is 19.9. The van der Waals surface area contributed by atoms with Crippen LogP contribution in [-0.4, -0.2) is 29.8 Å². The highest BCUT2D eigenvalue weighted by Gasteiger charge is 2.11. The molecule has 5 nitrogen and oxygen atoms in total. The van der Waals surface area contributed by atoms with Gasteiger partial charge in [-0.2, -0.15) is 0 Å². The minimum Gasteiger partial charge on any atom is -0.493 e. The number of thiazole rings is 1. The zero-order valence-corrected chi connectivity index (χ0v) is 16.8. The molecule has 2 aromatic carbocycles. The Morgan fingerprint density at radius 1 is 1.18 bits per heavy atom. The van der Waals surface area contributed by atoms with Crippen LogP contribution in [0.25, 0.3) is 21.9 Å². The average molecular weight is 397 g/mol. The predicted molar refractivity (Wildman–Crippen MR) is 113 cm³/mol. The van der Waals surface area contributed by atoms with Crippen molar-refractivity contribution in [2.75, 3.05) is 13.7 Å². The number of allylic oxidation sites excluding steroid dienone is 1. The van der Waals surface area contributed by atoms with Gasteiger partial charge in [-0.1, -0.05) is 18.2 Å². The molecule has 0 saturated carbocycles. The second-order valence-electron chi connectivity index (χ2n) is 6.25. The summed E-state index contributed by atoms with van der Waals surface area (Å²) >= 11 is 1.62. The number of carboxylic acids is 1. The Balaban J connectivity index is 1.96. The van der Waals surface area contributed by atoms with Crippen molar-refractivity contribution in [3.05, 3.63) is 53.0 Å². The monoisotopic (exact) mass is 397 g/mol. The molecule has 146 valence electrons. The molecule has 0 radical (unpaired) electrons. The Morgan fingerprint density at radius 2 is 2.00 bits per heavy atom.